The van der Waals surface area contributed by atoms with Crippen molar-refractivity contribution in [1.29, 1.82) is 0 Å². The Morgan fingerprint density at radius 3 is 2.81 bits per heavy atom. The average Bonchev–Trinajstić information content (AvgIpc) is 2.36. The topological polar surface area (TPSA) is 64.4 Å². The Labute approximate surface area is 97.9 Å². The highest BCUT2D eigenvalue weighted by Crippen LogP contribution is 2.19. The minimum absolute atomic E-state index is 0.0478. The van der Waals surface area contributed by atoms with E-state index in [4.69, 9.17) is 10.5 Å². The Morgan fingerprint density at radius 2 is 2.31 bits per heavy atom. The van der Waals surface area contributed by atoms with Crippen molar-refractivity contribution in [3.63, 3.8) is 0 Å². The summed E-state index contributed by atoms with van der Waals surface area (Å²) in [6.45, 7) is 5.73. The molecule has 0 aliphatic carbocycles. The summed E-state index contributed by atoms with van der Waals surface area (Å²) in [5.41, 5.74) is 5.20. The van der Waals surface area contributed by atoms with E-state index in [1.165, 1.54) is 6.42 Å². The molecule has 1 aliphatic rings. The monoisotopic (exact) mass is 228 g/mol. The molecule has 3 N–H and O–H groups in total. The van der Waals surface area contributed by atoms with E-state index in [0.717, 1.165) is 25.9 Å². The number of nitrogens with two attached hydrogens (primary N) is 1. The van der Waals surface area contributed by atoms with Gasteiger partial charge in [0.05, 0.1) is 11.5 Å². The number of carbonyl (C=O) groups is 1. The van der Waals surface area contributed by atoms with Crippen molar-refractivity contribution in [2.24, 2.45) is 11.1 Å². The zero-order chi connectivity index (χ0) is 12.0. The molecule has 1 rings (SSSR count). The highest BCUT2D eigenvalue weighted by atomic mass is 16.5. The SMILES string of the molecule is CCC(C)(CN)C(=O)NCC1CCCCO1. The first-order valence-electron chi connectivity index (χ1n) is 6.22. The van der Waals surface area contributed by atoms with E-state index in [1.54, 1.807) is 0 Å². The molecule has 2 unspecified atom stereocenters. The molecule has 1 saturated heterocycles. The maximum absolute atomic E-state index is 11.9. The molecule has 4 heteroatoms. The predicted molar refractivity (Wildman–Crippen MR) is 64.1 cm³/mol. The number of amides is 1. The summed E-state index contributed by atoms with van der Waals surface area (Å²) in [6.07, 6.45) is 4.34. The average molecular weight is 228 g/mol. The van der Waals surface area contributed by atoms with Gasteiger partial charge in [-0.05, 0) is 32.6 Å². The van der Waals surface area contributed by atoms with Crippen LogP contribution in [0.1, 0.15) is 39.5 Å². The molecule has 0 aromatic heterocycles. The van der Waals surface area contributed by atoms with Crippen LogP contribution in [0.3, 0.4) is 0 Å². The van der Waals surface area contributed by atoms with Crippen LogP contribution in [-0.4, -0.2) is 31.7 Å². The van der Waals surface area contributed by atoms with Crippen molar-refractivity contribution < 1.29 is 9.53 Å². The van der Waals surface area contributed by atoms with Gasteiger partial charge in [-0.15, -0.1) is 0 Å². The molecular weight excluding hydrogens is 204 g/mol. The molecule has 0 aromatic rings. The van der Waals surface area contributed by atoms with Crippen molar-refractivity contribution in [1.82, 2.24) is 5.32 Å². The summed E-state index contributed by atoms with van der Waals surface area (Å²) < 4.78 is 5.56. The van der Waals surface area contributed by atoms with Crippen molar-refractivity contribution in [3.8, 4) is 0 Å². The standard InChI is InChI=1S/C12H24N2O2/c1-3-12(2,9-13)11(15)14-8-10-6-4-5-7-16-10/h10H,3-9,13H2,1-2H3,(H,14,15). The number of ether oxygens (including phenoxy) is 1. The molecule has 0 spiro atoms. The van der Waals surface area contributed by atoms with Crippen LogP contribution in [0.25, 0.3) is 0 Å². The van der Waals surface area contributed by atoms with Gasteiger partial charge in [0.2, 0.25) is 5.91 Å². The van der Waals surface area contributed by atoms with Crippen LogP contribution in [-0.2, 0) is 9.53 Å². The molecule has 2 atom stereocenters. The third-order valence-electron chi connectivity index (χ3n) is 3.54. The molecule has 0 radical (unpaired) electrons. The van der Waals surface area contributed by atoms with E-state index in [-0.39, 0.29) is 12.0 Å². The zero-order valence-electron chi connectivity index (χ0n) is 10.4. The number of rotatable bonds is 5. The molecule has 1 amide bonds. The van der Waals surface area contributed by atoms with E-state index >= 15 is 0 Å². The first-order valence-corrected chi connectivity index (χ1v) is 6.22. The highest BCUT2D eigenvalue weighted by Gasteiger charge is 2.29. The minimum atomic E-state index is -0.436. The van der Waals surface area contributed by atoms with E-state index in [9.17, 15) is 4.79 Å². The molecule has 16 heavy (non-hydrogen) atoms. The summed E-state index contributed by atoms with van der Waals surface area (Å²) in [7, 11) is 0. The van der Waals surface area contributed by atoms with Crippen LogP contribution in [0.4, 0.5) is 0 Å². The fraction of sp³-hybridized carbons (Fsp3) is 0.917. The number of hydrogen-bond donors (Lipinski definition) is 2. The second kappa shape index (κ2) is 6.21. The van der Waals surface area contributed by atoms with Gasteiger partial charge in [-0.3, -0.25) is 4.79 Å². The minimum Gasteiger partial charge on any atom is -0.376 e. The summed E-state index contributed by atoms with van der Waals surface area (Å²) >= 11 is 0. The van der Waals surface area contributed by atoms with E-state index in [1.807, 2.05) is 13.8 Å². The third-order valence-corrected chi connectivity index (χ3v) is 3.54. The second-order valence-corrected chi connectivity index (χ2v) is 4.82. The van der Waals surface area contributed by atoms with Crippen molar-refractivity contribution in [3.05, 3.63) is 0 Å². The van der Waals surface area contributed by atoms with Gasteiger partial charge in [0, 0.05) is 19.7 Å². The van der Waals surface area contributed by atoms with Crippen LogP contribution >= 0.6 is 0 Å². The Bertz CT molecular complexity index is 221. The molecule has 4 nitrogen and oxygen atoms in total. The zero-order valence-corrected chi connectivity index (χ0v) is 10.4. The van der Waals surface area contributed by atoms with E-state index in [2.05, 4.69) is 5.32 Å². The van der Waals surface area contributed by atoms with Crippen LogP contribution in [0.15, 0.2) is 0 Å². The summed E-state index contributed by atoms with van der Waals surface area (Å²) in [4.78, 5) is 11.9. The molecule has 94 valence electrons. The lowest BCUT2D eigenvalue weighted by Crippen LogP contribution is -2.46. The van der Waals surface area contributed by atoms with Crippen molar-refractivity contribution in [2.75, 3.05) is 19.7 Å². The fourth-order valence-electron chi connectivity index (χ4n) is 1.79. The number of hydrogen-bond acceptors (Lipinski definition) is 3. The van der Waals surface area contributed by atoms with Gasteiger partial charge in [-0.2, -0.15) is 0 Å². The number of nitrogens with one attached hydrogen (secondary N) is 1. The normalized spacial score (nSPS) is 24.8. The fourth-order valence-corrected chi connectivity index (χ4v) is 1.79. The molecule has 0 bridgehead atoms. The Morgan fingerprint density at radius 1 is 1.56 bits per heavy atom. The second-order valence-electron chi connectivity index (χ2n) is 4.82. The lowest BCUT2D eigenvalue weighted by molar-refractivity contribution is -0.130. The van der Waals surface area contributed by atoms with Crippen LogP contribution in [0.5, 0.6) is 0 Å². The van der Waals surface area contributed by atoms with Crippen LogP contribution in [0.2, 0.25) is 0 Å². The molecule has 1 fully saturated rings. The summed E-state index contributed by atoms with van der Waals surface area (Å²) in [5, 5.41) is 2.95. The maximum Gasteiger partial charge on any atom is 0.227 e. The molecule has 1 heterocycles. The largest absolute Gasteiger partial charge is 0.376 e. The summed E-state index contributed by atoms with van der Waals surface area (Å²) in [6, 6.07) is 0. The number of carbonyl (C=O) groups excluding carboxylic acids is 1. The molecular formula is C12H24N2O2. The van der Waals surface area contributed by atoms with Gasteiger partial charge < -0.3 is 15.8 Å². The van der Waals surface area contributed by atoms with Crippen molar-refractivity contribution >= 4 is 5.91 Å². The van der Waals surface area contributed by atoms with Gasteiger partial charge in [-0.1, -0.05) is 6.92 Å². The maximum atomic E-state index is 11.9. The van der Waals surface area contributed by atoms with Crippen LogP contribution < -0.4 is 11.1 Å². The molecule has 1 aliphatic heterocycles. The van der Waals surface area contributed by atoms with Crippen molar-refractivity contribution in [2.45, 2.75) is 45.6 Å². The first kappa shape index (κ1) is 13.5. The Hall–Kier alpha value is -0.610. The van der Waals surface area contributed by atoms with Gasteiger partial charge in [0.1, 0.15) is 0 Å². The molecule has 0 saturated carbocycles. The Kier molecular flexibility index (Phi) is 5.22. The van der Waals surface area contributed by atoms with Crippen LogP contribution in [0, 0.1) is 5.41 Å². The van der Waals surface area contributed by atoms with E-state index < -0.39 is 5.41 Å². The van der Waals surface area contributed by atoms with Gasteiger partial charge >= 0.3 is 0 Å². The van der Waals surface area contributed by atoms with E-state index in [0.29, 0.717) is 13.1 Å². The highest BCUT2D eigenvalue weighted by molar-refractivity contribution is 5.82. The molecule has 0 aromatic carbocycles. The lowest BCUT2D eigenvalue weighted by Gasteiger charge is -2.28. The van der Waals surface area contributed by atoms with Gasteiger partial charge in [-0.25, -0.2) is 0 Å². The van der Waals surface area contributed by atoms with Gasteiger partial charge in [0.25, 0.3) is 0 Å². The third kappa shape index (κ3) is 3.46. The first-order chi connectivity index (χ1) is 7.62. The predicted octanol–water partition coefficient (Wildman–Crippen LogP) is 1.05. The van der Waals surface area contributed by atoms with Gasteiger partial charge in [0.15, 0.2) is 0 Å². The quantitative estimate of drug-likeness (QED) is 0.739. The Balaban J connectivity index is 2.33. The summed E-state index contributed by atoms with van der Waals surface area (Å²) in [5.74, 6) is 0.0478. The lowest BCUT2D eigenvalue weighted by atomic mass is 9.86. The smallest absolute Gasteiger partial charge is 0.227 e.